The summed E-state index contributed by atoms with van der Waals surface area (Å²) in [6.07, 6.45) is 1.55. The lowest BCUT2D eigenvalue weighted by atomic mass is 10.0. The third kappa shape index (κ3) is 4.99. The highest BCUT2D eigenvalue weighted by atomic mass is 16.5. The number of amides is 2. The highest BCUT2D eigenvalue weighted by Gasteiger charge is 2.17. The van der Waals surface area contributed by atoms with Crippen LogP contribution < -0.4 is 15.8 Å². The number of urea groups is 1. The maximum atomic E-state index is 11.3. The fourth-order valence-corrected chi connectivity index (χ4v) is 2.98. The van der Waals surface area contributed by atoms with Gasteiger partial charge in [-0.3, -0.25) is 4.90 Å². The Kier molecular flexibility index (Phi) is 6.31. The monoisotopic (exact) mass is 373 g/mol. The number of benzene rings is 1. The van der Waals surface area contributed by atoms with Gasteiger partial charge in [0.1, 0.15) is 12.3 Å². The van der Waals surface area contributed by atoms with Crippen molar-refractivity contribution in [3.05, 3.63) is 36.0 Å². The number of rotatable bonds is 7. The van der Waals surface area contributed by atoms with Crippen LogP contribution in [0.2, 0.25) is 0 Å². The number of nitrogens with zero attached hydrogens (tertiary/aromatic N) is 3. The van der Waals surface area contributed by atoms with Crippen LogP contribution in [0.4, 0.5) is 10.5 Å². The van der Waals surface area contributed by atoms with Crippen molar-refractivity contribution >= 4 is 11.7 Å². The topological polar surface area (TPSA) is 94.6 Å². The molecule has 2 heterocycles. The van der Waals surface area contributed by atoms with Gasteiger partial charge in [0.2, 0.25) is 5.88 Å². The van der Waals surface area contributed by atoms with Gasteiger partial charge in [0, 0.05) is 19.6 Å². The molecule has 8 nitrogen and oxygen atoms in total. The van der Waals surface area contributed by atoms with E-state index in [1.807, 2.05) is 12.1 Å². The number of morpholine rings is 1. The fourth-order valence-electron chi connectivity index (χ4n) is 2.98. The molecule has 0 saturated carbocycles. The van der Waals surface area contributed by atoms with Gasteiger partial charge in [-0.1, -0.05) is 26.0 Å². The molecule has 1 aromatic heterocycles. The molecule has 0 bridgehead atoms. The van der Waals surface area contributed by atoms with Crippen LogP contribution in [0.5, 0.6) is 5.88 Å². The molecule has 3 N–H and O–H groups in total. The molecular weight excluding hydrogens is 346 g/mol. The maximum absolute atomic E-state index is 11.3. The number of nitrogens with one attached hydrogen (secondary N) is 1. The molecule has 2 aromatic rings. The van der Waals surface area contributed by atoms with Crippen LogP contribution in [-0.2, 0) is 4.74 Å². The fraction of sp³-hybridized carbons (Fsp3) is 0.474. The van der Waals surface area contributed by atoms with Crippen LogP contribution in [0.15, 0.2) is 30.5 Å². The summed E-state index contributed by atoms with van der Waals surface area (Å²) in [5, 5.41) is 6.95. The Morgan fingerprint density at radius 3 is 2.63 bits per heavy atom. The van der Waals surface area contributed by atoms with Crippen LogP contribution in [0, 0.1) is 0 Å². The Morgan fingerprint density at radius 2 is 2.00 bits per heavy atom. The number of ether oxygens (including phenoxy) is 2. The smallest absolute Gasteiger partial charge is 0.316 e. The van der Waals surface area contributed by atoms with Gasteiger partial charge in [0.15, 0.2) is 0 Å². The minimum absolute atomic E-state index is 0.452. The van der Waals surface area contributed by atoms with E-state index >= 15 is 0 Å². The zero-order valence-corrected chi connectivity index (χ0v) is 15.9. The van der Waals surface area contributed by atoms with E-state index in [0.29, 0.717) is 24.1 Å². The second-order valence-electron chi connectivity index (χ2n) is 6.81. The van der Waals surface area contributed by atoms with Crippen molar-refractivity contribution in [3.8, 4) is 11.6 Å². The van der Waals surface area contributed by atoms with Gasteiger partial charge in [-0.15, -0.1) is 0 Å². The Balaban J connectivity index is 1.76. The molecule has 0 atom stereocenters. The summed E-state index contributed by atoms with van der Waals surface area (Å²) < 4.78 is 13.0. The van der Waals surface area contributed by atoms with Gasteiger partial charge in [-0.05, 0) is 23.6 Å². The van der Waals surface area contributed by atoms with E-state index in [1.165, 1.54) is 5.56 Å². The van der Waals surface area contributed by atoms with Gasteiger partial charge >= 0.3 is 6.03 Å². The molecule has 8 heteroatoms. The molecular formula is C19H27N5O3. The molecule has 0 unspecified atom stereocenters. The molecule has 27 heavy (non-hydrogen) atoms. The largest absolute Gasteiger partial charge is 0.475 e. The van der Waals surface area contributed by atoms with Gasteiger partial charge in [-0.25, -0.2) is 4.79 Å². The minimum atomic E-state index is -0.650. The molecule has 2 amide bonds. The van der Waals surface area contributed by atoms with Crippen LogP contribution in [0.25, 0.3) is 5.69 Å². The van der Waals surface area contributed by atoms with Crippen LogP contribution in [0.3, 0.4) is 0 Å². The van der Waals surface area contributed by atoms with Crippen LogP contribution in [0.1, 0.15) is 25.3 Å². The number of hydrogen-bond donors (Lipinski definition) is 2. The zero-order valence-electron chi connectivity index (χ0n) is 15.9. The van der Waals surface area contributed by atoms with Gasteiger partial charge in [-0.2, -0.15) is 9.78 Å². The quantitative estimate of drug-likeness (QED) is 0.776. The third-order valence-corrected chi connectivity index (χ3v) is 4.54. The second kappa shape index (κ2) is 8.88. The van der Waals surface area contributed by atoms with Crippen molar-refractivity contribution in [3.63, 3.8) is 0 Å². The Labute approximate surface area is 159 Å². The lowest BCUT2D eigenvalue weighted by Crippen LogP contribution is -2.38. The normalized spacial score (nSPS) is 15.1. The maximum Gasteiger partial charge on any atom is 0.316 e. The third-order valence-electron chi connectivity index (χ3n) is 4.54. The molecule has 1 saturated heterocycles. The SMILES string of the molecule is CC(C)c1ccc(-n2ncc(NC(N)=O)c2OCCN2CCOCC2)cc1. The highest BCUT2D eigenvalue weighted by molar-refractivity contribution is 5.89. The number of nitrogens with two attached hydrogens (primary N) is 1. The second-order valence-corrected chi connectivity index (χ2v) is 6.81. The average molecular weight is 373 g/mol. The van der Waals surface area contributed by atoms with Crippen molar-refractivity contribution in [2.24, 2.45) is 5.73 Å². The molecule has 1 aliphatic heterocycles. The average Bonchev–Trinajstić information content (AvgIpc) is 3.04. The van der Waals surface area contributed by atoms with E-state index in [4.69, 9.17) is 15.2 Å². The first-order chi connectivity index (χ1) is 13.0. The van der Waals surface area contributed by atoms with Gasteiger partial charge in [0.25, 0.3) is 0 Å². The molecule has 0 aliphatic carbocycles. The summed E-state index contributed by atoms with van der Waals surface area (Å²) in [4.78, 5) is 13.6. The Bertz CT molecular complexity index is 751. The molecule has 146 valence electrons. The first-order valence-electron chi connectivity index (χ1n) is 9.22. The highest BCUT2D eigenvalue weighted by Crippen LogP contribution is 2.28. The summed E-state index contributed by atoms with van der Waals surface area (Å²) in [7, 11) is 0. The van der Waals surface area contributed by atoms with E-state index in [-0.39, 0.29) is 0 Å². The van der Waals surface area contributed by atoms with E-state index in [9.17, 15) is 4.79 Å². The lowest BCUT2D eigenvalue weighted by Gasteiger charge is -2.26. The zero-order chi connectivity index (χ0) is 19.2. The van der Waals surface area contributed by atoms with Crippen molar-refractivity contribution in [2.45, 2.75) is 19.8 Å². The minimum Gasteiger partial charge on any atom is -0.475 e. The number of anilines is 1. The van der Waals surface area contributed by atoms with Gasteiger partial charge < -0.3 is 20.5 Å². The first kappa shape index (κ1) is 19.2. The molecule has 0 spiro atoms. The standard InChI is InChI=1S/C19H27N5O3/c1-14(2)15-3-5-16(6-4-15)24-18(17(13-21-24)22-19(20)25)27-12-9-23-7-10-26-11-8-23/h3-6,13-14H,7-12H2,1-2H3,(H3,20,22,25). The first-order valence-corrected chi connectivity index (χ1v) is 9.22. The summed E-state index contributed by atoms with van der Waals surface area (Å²) in [6.45, 7) is 8.83. The van der Waals surface area contributed by atoms with E-state index < -0.39 is 6.03 Å². The summed E-state index contributed by atoms with van der Waals surface area (Å²) >= 11 is 0. The molecule has 3 rings (SSSR count). The number of aromatic nitrogens is 2. The van der Waals surface area contributed by atoms with Crippen molar-refractivity contribution in [2.75, 3.05) is 44.8 Å². The number of primary amides is 1. The number of hydrogen-bond acceptors (Lipinski definition) is 5. The van der Waals surface area contributed by atoms with E-state index in [0.717, 1.165) is 38.5 Å². The van der Waals surface area contributed by atoms with E-state index in [2.05, 4.69) is 41.3 Å². The predicted octanol–water partition coefficient (Wildman–Crippen LogP) is 2.20. The van der Waals surface area contributed by atoms with Crippen molar-refractivity contribution in [1.82, 2.24) is 14.7 Å². The summed E-state index contributed by atoms with van der Waals surface area (Å²) in [5.41, 5.74) is 7.84. The number of carbonyl (C=O) groups excluding carboxylic acids is 1. The summed E-state index contributed by atoms with van der Waals surface area (Å²) in [6, 6.07) is 7.47. The number of carbonyl (C=O) groups is 1. The van der Waals surface area contributed by atoms with E-state index in [1.54, 1.807) is 10.9 Å². The lowest BCUT2D eigenvalue weighted by molar-refractivity contribution is 0.0319. The molecule has 1 aliphatic rings. The predicted molar refractivity (Wildman–Crippen MR) is 104 cm³/mol. The van der Waals surface area contributed by atoms with Crippen molar-refractivity contribution in [1.29, 1.82) is 0 Å². The van der Waals surface area contributed by atoms with Crippen molar-refractivity contribution < 1.29 is 14.3 Å². The van der Waals surface area contributed by atoms with Crippen LogP contribution in [-0.4, -0.2) is 60.2 Å². The molecule has 1 aromatic carbocycles. The van der Waals surface area contributed by atoms with Crippen LogP contribution >= 0.6 is 0 Å². The Hall–Kier alpha value is -2.58. The molecule has 0 radical (unpaired) electrons. The molecule has 1 fully saturated rings. The Morgan fingerprint density at radius 1 is 1.30 bits per heavy atom. The van der Waals surface area contributed by atoms with Gasteiger partial charge in [0.05, 0.1) is 25.1 Å². The summed E-state index contributed by atoms with van der Waals surface area (Å²) in [5.74, 6) is 0.923.